The molecule has 128 valence electrons. The number of aliphatic carboxylic acids is 1. The number of benzene rings is 2. The van der Waals surface area contributed by atoms with Crippen LogP contribution in [0.5, 0.6) is 0 Å². The Morgan fingerprint density at radius 2 is 1.84 bits per heavy atom. The number of carboxylic acid groups (broad SMARTS) is 1. The number of hydrogen-bond acceptors (Lipinski definition) is 5. The smallest absolute Gasteiger partial charge is 0.408 e. The SMILES string of the molecule is O=C(O)CC(NC(=O)OCc1ccccc1)c1nc2ccccc2o1. The normalized spacial score (nSPS) is 11.8. The maximum atomic E-state index is 12.0. The fourth-order valence-electron chi connectivity index (χ4n) is 2.32. The molecule has 7 heteroatoms. The van der Waals surface area contributed by atoms with E-state index in [1.807, 2.05) is 30.3 Å². The van der Waals surface area contributed by atoms with Gasteiger partial charge in [0.25, 0.3) is 0 Å². The highest BCUT2D eigenvalue weighted by atomic mass is 16.5. The molecule has 1 unspecified atom stereocenters. The Morgan fingerprint density at radius 1 is 1.12 bits per heavy atom. The maximum Gasteiger partial charge on any atom is 0.408 e. The first-order valence-electron chi connectivity index (χ1n) is 7.66. The second kappa shape index (κ2) is 7.48. The minimum atomic E-state index is -1.09. The van der Waals surface area contributed by atoms with Gasteiger partial charge in [-0.2, -0.15) is 0 Å². The van der Waals surface area contributed by atoms with Crippen LogP contribution in [0.1, 0.15) is 23.9 Å². The van der Waals surface area contributed by atoms with E-state index in [-0.39, 0.29) is 18.9 Å². The molecule has 3 rings (SSSR count). The topological polar surface area (TPSA) is 102 Å². The van der Waals surface area contributed by atoms with Crippen LogP contribution in [0.25, 0.3) is 11.1 Å². The Morgan fingerprint density at radius 3 is 2.56 bits per heavy atom. The highest BCUT2D eigenvalue weighted by Gasteiger charge is 2.24. The summed E-state index contributed by atoms with van der Waals surface area (Å²) in [6.45, 7) is 0.0834. The van der Waals surface area contributed by atoms with Crippen LogP contribution in [-0.2, 0) is 16.1 Å². The van der Waals surface area contributed by atoms with Crippen molar-refractivity contribution in [1.29, 1.82) is 0 Å². The lowest BCUT2D eigenvalue weighted by Crippen LogP contribution is -2.30. The molecule has 0 spiro atoms. The molecule has 3 aromatic rings. The van der Waals surface area contributed by atoms with Gasteiger partial charge in [-0.3, -0.25) is 4.79 Å². The van der Waals surface area contributed by atoms with Crippen LogP contribution in [0.2, 0.25) is 0 Å². The van der Waals surface area contributed by atoms with Crippen LogP contribution in [0.15, 0.2) is 59.0 Å². The third-order valence-corrected chi connectivity index (χ3v) is 3.49. The standard InChI is InChI=1S/C18H16N2O5/c21-16(22)10-14(17-19-13-8-4-5-9-15(13)25-17)20-18(23)24-11-12-6-2-1-3-7-12/h1-9,14H,10-11H2,(H,20,23)(H,21,22). The minimum absolute atomic E-state index is 0.0834. The van der Waals surface area contributed by atoms with E-state index in [0.717, 1.165) is 5.56 Å². The number of para-hydroxylation sites is 2. The van der Waals surface area contributed by atoms with Crippen molar-refractivity contribution in [3.8, 4) is 0 Å². The molecule has 0 bridgehead atoms. The summed E-state index contributed by atoms with van der Waals surface area (Å²) in [5.41, 5.74) is 1.94. The average Bonchev–Trinajstić information content (AvgIpc) is 3.04. The van der Waals surface area contributed by atoms with Crippen molar-refractivity contribution >= 4 is 23.2 Å². The molecule has 1 aromatic heterocycles. The van der Waals surface area contributed by atoms with Crippen LogP contribution in [-0.4, -0.2) is 22.2 Å². The molecule has 0 saturated carbocycles. The van der Waals surface area contributed by atoms with Crippen molar-refractivity contribution in [1.82, 2.24) is 10.3 Å². The van der Waals surface area contributed by atoms with Gasteiger partial charge >= 0.3 is 12.1 Å². The van der Waals surface area contributed by atoms with Crippen molar-refractivity contribution in [2.24, 2.45) is 0 Å². The first-order valence-corrected chi connectivity index (χ1v) is 7.66. The number of fused-ring (bicyclic) bond motifs is 1. The van der Waals surface area contributed by atoms with Crippen molar-refractivity contribution in [2.45, 2.75) is 19.1 Å². The number of ether oxygens (including phenoxy) is 1. The van der Waals surface area contributed by atoms with E-state index in [9.17, 15) is 9.59 Å². The van der Waals surface area contributed by atoms with E-state index < -0.39 is 18.1 Å². The van der Waals surface area contributed by atoms with Crippen LogP contribution in [0, 0.1) is 0 Å². The van der Waals surface area contributed by atoms with Gasteiger partial charge in [0.1, 0.15) is 18.2 Å². The molecule has 0 aliphatic rings. The number of carbonyl (C=O) groups is 2. The summed E-state index contributed by atoms with van der Waals surface area (Å²) in [7, 11) is 0. The Labute approximate surface area is 143 Å². The molecular weight excluding hydrogens is 324 g/mol. The summed E-state index contributed by atoms with van der Waals surface area (Å²) in [6, 6.07) is 15.3. The van der Waals surface area contributed by atoms with Gasteiger partial charge in [-0.15, -0.1) is 0 Å². The highest BCUT2D eigenvalue weighted by molar-refractivity contribution is 5.74. The minimum Gasteiger partial charge on any atom is -0.481 e. The quantitative estimate of drug-likeness (QED) is 0.714. The molecule has 7 nitrogen and oxygen atoms in total. The largest absolute Gasteiger partial charge is 0.481 e. The van der Waals surface area contributed by atoms with E-state index >= 15 is 0 Å². The van der Waals surface area contributed by atoms with Crippen molar-refractivity contribution in [2.75, 3.05) is 0 Å². The lowest BCUT2D eigenvalue weighted by molar-refractivity contribution is -0.137. The number of nitrogens with one attached hydrogen (secondary N) is 1. The van der Waals surface area contributed by atoms with E-state index in [1.54, 1.807) is 24.3 Å². The summed E-state index contributed by atoms with van der Waals surface area (Å²) in [6.07, 6.45) is -1.11. The van der Waals surface area contributed by atoms with Crippen LogP contribution < -0.4 is 5.32 Å². The number of rotatable bonds is 6. The first-order chi connectivity index (χ1) is 12.1. The summed E-state index contributed by atoms with van der Waals surface area (Å²) in [4.78, 5) is 27.3. The number of hydrogen-bond donors (Lipinski definition) is 2. The molecule has 1 amide bonds. The van der Waals surface area contributed by atoms with Crippen LogP contribution >= 0.6 is 0 Å². The molecule has 1 heterocycles. The summed E-state index contributed by atoms with van der Waals surface area (Å²) >= 11 is 0. The Bertz CT molecular complexity index is 842. The van der Waals surface area contributed by atoms with Crippen molar-refractivity contribution in [3.05, 3.63) is 66.1 Å². The predicted octanol–water partition coefficient (Wildman–Crippen LogP) is 3.27. The number of carboxylic acids is 1. The molecule has 2 N–H and O–H groups in total. The van der Waals surface area contributed by atoms with Gasteiger partial charge in [0.2, 0.25) is 5.89 Å². The first kappa shape index (κ1) is 16.5. The van der Waals surface area contributed by atoms with Gasteiger partial charge in [0.15, 0.2) is 5.58 Å². The molecule has 0 fully saturated rings. The molecule has 25 heavy (non-hydrogen) atoms. The van der Waals surface area contributed by atoms with Crippen LogP contribution in [0.3, 0.4) is 0 Å². The summed E-state index contributed by atoms with van der Waals surface area (Å²) in [5.74, 6) is -0.962. The zero-order valence-electron chi connectivity index (χ0n) is 13.2. The van der Waals surface area contributed by atoms with E-state index in [4.69, 9.17) is 14.3 Å². The summed E-state index contributed by atoms with van der Waals surface area (Å²) < 4.78 is 10.7. The number of alkyl carbamates (subject to hydrolysis) is 1. The van der Waals surface area contributed by atoms with Gasteiger partial charge in [0, 0.05) is 0 Å². The molecule has 2 aromatic carbocycles. The Hall–Kier alpha value is -3.35. The molecule has 0 radical (unpaired) electrons. The van der Waals surface area contributed by atoms with Crippen molar-refractivity contribution in [3.63, 3.8) is 0 Å². The number of aromatic nitrogens is 1. The fourth-order valence-corrected chi connectivity index (χ4v) is 2.32. The average molecular weight is 340 g/mol. The maximum absolute atomic E-state index is 12.0. The predicted molar refractivity (Wildman–Crippen MR) is 88.8 cm³/mol. The Kier molecular flexibility index (Phi) is 4.94. The lowest BCUT2D eigenvalue weighted by atomic mass is 10.2. The number of amides is 1. The molecule has 0 aliphatic heterocycles. The summed E-state index contributed by atoms with van der Waals surface area (Å²) in [5, 5.41) is 11.6. The fraction of sp³-hybridized carbons (Fsp3) is 0.167. The lowest BCUT2D eigenvalue weighted by Gasteiger charge is -2.13. The number of carbonyl (C=O) groups excluding carboxylic acids is 1. The van der Waals surface area contributed by atoms with E-state index in [1.165, 1.54) is 0 Å². The molecule has 1 atom stereocenters. The second-order valence-electron chi connectivity index (χ2n) is 5.38. The zero-order chi connectivity index (χ0) is 17.6. The second-order valence-corrected chi connectivity index (χ2v) is 5.38. The number of nitrogens with zero attached hydrogens (tertiary/aromatic N) is 1. The molecule has 0 aliphatic carbocycles. The zero-order valence-corrected chi connectivity index (χ0v) is 13.2. The Balaban J connectivity index is 1.69. The van der Waals surface area contributed by atoms with Gasteiger partial charge in [-0.05, 0) is 17.7 Å². The van der Waals surface area contributed by atoms with Gasteiger partial charge < -0.3 is 19.6 Å². The highest BCUT2D eigenvalue weighted by Crippen LogP contribution is 2.22. The van der Waals surface area contributed by atoms with Crippen LogP contribution in [0.4, 0.5) is 4.79 Å². The van der Waals surface area contributed by atoms with E-state index in [0.29, 0.717) is 11.1 Å². The van der Waals surface area contributed by atoms with Gasteiger partial charge in [-0.25, -0.2) is 9.78 Å². The third-order valence-electron chi connectivity index (χ3n) is 3.49. The van der Waals surface area contributed by atoms with Gasteiger partial charge in [0.05, 0.1) is 6.42 Å². The van der Waals surface area contributed by atoms with Gasteiger partial charge in [-0.1, -0.05) is 42.5 Å². The molecule has 0 saturated heterocycles. The monoisotopic (exact) mass is 340 g/mol. The van der Waals surface area contributed by atoms with Crippen molar-refractivity contribution < 1.29 is 23.8 Å². The third kappa shape index (κ3) is 4.35. The van der Waals surface area contributed by atoms with E-state index in [2.05, 4.69) is 10.3 Å². The number of oxazole rings is 1. The molecular formula is C18H16N2O5.